The minimum Gasteiger partial charge on any atom is -0.364 e. The van der Waals surface area contributed by atoms with E-state index < -0.39 is 5.91 Å². The Hall–Kier alpha value is -2.39. The molecule has 2 heterocycles. The van der Waals surface area contributed by atoms with Gasteiger partial charge in [-0.1, -0.05) is 33.1 Å². The largest absolute Gasteiger partial charge is 0.364 e. The van der Waals surface area contributed by atoms with Gasteiger partial charge in [-0.05, 0) is 56.9 Å². The van der Waals surface area contributed by atoms with Crippen LogP contribution in [0.4, 0.5) is 5.00 Å². The molecule has 1 aromatic rings. The summed E-state index contributed by atoms with van der Waals surface area (Å²) >= 11 is 1.62. The maximum Gasteiger partial charge on any atom is 0.271 e. The summed E-state index contributed by atoms with van der Waals surface area (Å²) < 4.78 is 0. The maximum absolute atomic E-state index is 13.3. The van der Waals surface area contributed by atoms with Gasteiger partial charge in [-0.2, -0.15) is 5.26 Å². The summed E-state index contributed by atoms with van der Waals surface area (Å²) in [5.41, 5.74) is 0.999. The zero-order valence-corrected chi connectivity index (χ0v) is 19.6. The zero-order chi connectivity index (χ0) is 22.3. The number of nitrogens with zero attached hydrogens (tertiary/aromatic N) is 3. The first-order valence-electron chi connectivity index (χ1n) is 11.0. The van der Waals surface area contributed by atoms with Crippen LogP contribution in [0.5, 0.6) is 0 Å². The number of carbonyl (C=O) groups is 2. The SMILES string of the molecule is CCCCC(CC)CN1C(=O)C(C#N)=C(C)/C(=C/c2ccc(N(CC)CC)s2)C1=O. The van der Waals surface area contributed by atoms with Crippen LogP contribution in [0.1, 0.15) is 65.2 Å². The van der Waals surface area contributed by atoms with E-state index in [1.165, 1.54) is 4.90 Å². The van der Waals surface area contributed by atoms with Crippen molar-refractivity contribution in [1.82, 2.24) is 4.90 Å². The first-order chi connectivity index (χ1) is 14.4. The van der Waals surface area contributed by atoms with Gasteiger partial charge < -0.3 is 4.90 Å². The van der Waals surface area contributed by atoms with Crippen LogP contribution in [0.15, 0.2) is 28.9 Å². The summed E-state index contributed by atoms with van der Waals surface area (Å²) in [5, 5.41) is 10.7. The Morgan fingerprint density at radius 2 is 1.87 bits per heavy atom. The fourth-order valence-corrected chi connectivity index (χ4v) is 4.82. The van der Waals surface area contributed by atoms with E-state index in [9.17, 15) is 14.9 Å². The molecule has 2 amide bonds. The number of anilines is 1. The molecule has 1 unspecified atom stereocenters. The number of unbranched alkanes of at least 4 members (excludes halogenated alkanes) is 1. The molecule has 1 aliphatic heterocycles. The number of nitriles is 1. The Bertz CT molecular complexity index is 871. The van der Waals surface area contributed by atoms with E-state index in [0.29, 0.717) is 17.7 Å². The Kier molecular flexibility index (Phi) is 8.86. The standard InChI is InChI=1S/C24H33N3O2S/c1-6-10-11-18(7-2)16-27-23(28)20(17(5)21(15-25)24(27)29)14-19-12-13-22(30-19)26(8-3)9-4/h12-14,18H,6-11,16H2,1-5H3/b20-14-. The second-order valence-corrected chi connectivity index (χ2v) is 8.75. The van der Waals surface area contributed by atoms with Gasteiger partial charge in [0.25, 0.3) is 11.8 Å². The normalized spacial score (nSPS) is 16.9. The van der Waals surface area contributed by atoms with Crippen molar-refractivity contribution in [1.29, 1.82) is 5.26 Å². The minimum atomic E-state index is -0.456. The zero-order valence-electron chi connectivity index (χ0n) is 18.8. The molecule has 0 saturated carbocycles. The number of hydrogen-bond donors (Lipinski definition) is 0. The lowest BCUT2D eigenvalue weighted by molar-refractivity contribution is -0.141. The van der Waals surface area contributed by atoms with E-state index in [4.69, 9.17) is 0 Å². The fraction of sp³-hybridized carbons (Fsp3) is 0.542. The molecule has 5 nitrogen and oxygen atoms in total. The average molecular weight is 428 g/mol. The highest BCUT2D eigenvalue weighted by molar-refractivity contribution is 7.17. The van der Waals surface area contributed by atoms with Crippen molar-refractivity contribution in [2.45, 2.75) is 60.3 Å². The molecule has 0 aliphatic carbocycles. The molecule has 0 radical (unpaired) electrons. The number of thiophene rings is 1. The fourth-order valence-electron chi connectivity index (χ4n) is 3.74. The van der Waals surface area contributed by atoms with Crippen LogP contribution in [0, 0.1) is 17.2 Å². The van der Waals surface area contributed by atoms with E-state index in [-0.39, 0.29) is 17.4 Å². The highest BCUT2D eigenvalue weighted by atomic mass is 32.1. The summed E-state index contributed by atoms with van der Waals surface area (Å²) in [5.74, 6) is -0.486. The lowest BCUT2D eigenvalue weighted by atomic mass is 9.92. The van der Waals surface area contributed by atoms with Crippen molar-refractivity contribution < 1.29 is 9.59 Å². The molecule has 2 rings (SSSR count). The predicted octanol–water partition coefficient (Wildman–Crippen LogP) is 5.40. The Morgan fingerprint density at radius 3 is 2.43 bits per heavy atom. The topological polar surface area (TPSA) is 64.4 Å². The maximum atomic E-state index is 13.3. The highest BCUT2D eigenvalue weighted by Crippen LogP contribution is 2.32. The van der Waals surface area contributed by atoms with Crippen molar-refractivity contribution in [3.8, 4) is 6.07 Å². The summed E-state index contributed by atoms with van der Waals surface area (Å²) in [6.07, 6.45) is 5.86. The molecule has 0 N–H and O–H groups in total. The Labute approximate surface area is 184 Å². The van der Waals surface area contributed by atoms with Crippen molar-refractivity contribution >= 4 is 34.2 Å². The Morgan fingerprint density at radius 1 is 1.17 bits per heavy atom. The first-order valence-corrected chi connectivity index (χ1v) is 11.8. The highest BCUT2D eigenvalue weighted by Gasteiger charge is 2.36. The molecule has 0 bridgehead atoms. The van der Waals surface area contributed by atoms with E-state index in [0.717, 1.165) is 48.7 Å². The summed E-state index contributed by atoms with van der Waals surface area (Å²) in [4.78, 5) is 30.6. The van der Waals surface area contributed by atoms with Crippen LogP contribution in [-0.2, 0) is 9.59 Å². The van der Waals surface area contributed by atoms with Gasteiger partial charge >= 0.3 is 0 Å². The number of rotatable bonds is 10. The molecule has 0 spiro atoms. The number of imide groups is 1. The average Bonchev–Trinajstić information content (AvgIpc) is 3.20. The summed E-state index contributed by atoms with van der Waals surface area (Å²) in [6, 6.07) is 6.09. The molecule has 0 aromatic carbocycles. The predicted molar refractivity (Wildman–Crippen MR) is 124 cm³/mol. The third kappa shape index (κ3) is 5.20. The van der Waals surface area contributed by atoms with E-state index >= 15 is 0 Å². The van der Waals surface area contributed by atoms with E-state index in [2.05, 4.69) is 38.7 Å². The molecule has 6 heteroatoms. The molecule has 1 aromatic heterocycles. The smallest absolute Gasteiger partial charge is 0.271 e. The third-order valence-corrected chi connectivity index (χ3v) is 6.88. The lowest BCUT2D eigenvalue weighted by Crippen LogP contribution is -2.45. The minimum absolute atomic E-state index is 0.0757. The van der Waals surface area contributed by atoms with Gasteiger partial charge in [-0.15, -0.1) is 11.3 Å². The number of amides is 2. The van der Waals surface area contributed by atoms with Crippen LogP contribution in [-0.4, -0.2) is 36.3 Å². The second kappa shape index (κ2) is 11.1. The monoisotopic (exact) mass is 427 g/mol. The van der Waals surface area contributed by atoms with E-state index in [1.807, 2.05) is 18.2 Å². The quantitative estimate of drug-likeness (QED) is 0.370. The van der Waals surface area contributed by atoms with Crippen molar-refractivity contribution in [2.24, 2.45) is 5.92 Å². The van der Waals surface area contributed by atoms with Crippen molar-refractivity contribution in [2.75, 3.05) is 24.5 Å². The summed E-state index contributed by atoms with van der Waals surface area (Å²) in [7, 11) is 0. The molecule has 1 atom stereocenters. The van der Waals surface area contributed by atoms with Crippen LogP contribution in [0.3, 0.4) is 0 Å². The van der Waals surface area contributed by atoms with Gasteiger partial charge in [0.1, 0.15) is 11.6 Å². The van der Waals surface area contributed by atoms with Gasteiger partial charge in [0, 0.05) is 30.1 Å². The molecular weight excluding hydrogens is 394 g/mol. The van der Waals surface area contributed by atoms with Crippen molar-refractivity contribution in [3.63, 3.8) is 0 Å². The van der Waals surface area contributed by atoms with Crippen LogP contribution >= 0.6 is 11.3 Å². The second-order valence-electron chi connectivity index (χ2n) is 7.66. The van der Waals surface area contributed by atoms with Gasteiger partial charge in [-0.25, -0.2) is 0 Å². The van der Waals surface area contributed by atoms with Crippen molar-refractivity contribution in [3.05, 3.63) is 33.7 Å². The molecular formula is C24H33N3O2S. The number of carbonyl (C=O) groups excluding carboxylic acids is 2. The van der Waals surface area contributed by atoms with Gasteiger partial charge in [0.15, 0.2) is 0 Å². The molecule has 162 valence electrons. The van der Waals surface area contributed by atoms with Crippen LogP contribution in [0.2, 0.25) is 0 Å². The summed E-state index contributed by atoms with van der Waals surface area (Å²) in [6.45, 7) is 12.4. The van der Waals surface area contributed by atoms with Crippen LogP contribution < -0.4 is 4.90 Å². The molecule has 1 aliphatic rings. The van der Waals surface area contributed by atoms with Crippen LogP contribution in [0.25, 0.3) is 6.08 Å². The van der Waals surface area contributed by atoms with Gasteiger partial charge in [0.05, 0.1) is 5.00 Å². The molecule has 0 saturated heterocycles. The van der Waals surface area contributed by atoms with Gasteiger partial charge in [-0.3, -0.25) is 14.5 Å². The lowest BCUT2D eigenvalue weighted by Gasteiger charge is -2.30. The third-order valence-electron chi connectivity index (χ3n) is 5.78. The van der Waals surface area contributed by atoms with E-state index in [1.54, 1.807) is 18.3 Å². The first kappa shape index (κ1) is 23.9. The molecule has 0 fully saturated rings. The molecule has 30 heavy (non-hydrogen) atoms. The Balaban J connectivity index is 2.40. The van der Waals surface area contributed by atoms with Gasteiger partial charge in [0.2, 0.25) is 0 Å². The number of hydrogen-bond acceptors (Lipinski definition) is 5.